The summed E-state index contributed by atoms with van der Waals surface area (Å²) in [6.45, 7) is 1.35. The number of carboxylic acids is 1. The Morgan fingerprint density at radius 2 is 2.15 bits per heavy atom. The number of nitrogens with zero attached hydrogens (tertiary/aromatic N) is 1. The minimum Gasteiger partial charge on any atom is -0.481 e. The van der Waals surface area contributed by atoms with Crippen LogP contribution >= 0.6 is 0 Å². The van der Waals surface area contributed by atoms with E-state index in [1.165, 1.54) is 0 Å². The highest BCUT2D eigenvalue weighted by molar-refractivity contribution is 5.89. The van der Waals surface area contributed by atoms with Gasteiger partial charge in [-0.15, -0.1) is 0 Å². The first-order chi connectivity index (χ1) is 9.65. The Kier molecular flexibility index (Phi) is 4.76. The van der Waals surface area contributed by atoms with Gasteiger partial charge in [0.25, 0.3) is 0 Å². The summed E-state index contributed by atoms with van der Waals surface area (Å²) >= 11 is 0. The van der Waals surface area contributed by atoms with Crippen molar-refractivity contribution in [1.29, 1.82) is 0 Å². The molecular weight excluding hydrogens is 256 g/mol. The van der Waals surface area contributed by atoms with Crippen molar-refractivity contribution < 1.29 is 14.7 Å². The number of carbonyl (C=O) groups is 2. The third-order valence-electron chi connectivity index (χ3n) is 3.15. The van der Waals surface area contributed by atoms with Crippen molar-refractivity contribution in [3.05, 3.63) is 42.0 Å². The Morgan fingerprint density at radius 3 is 2.85 bits per heavy atom. The molecule has 1 aromatic rings. The van der Waals surface area contributed by atoms with Crippen LogP contribution in [0.15, 0.2) is 36.4 Å². The lowest BCUT2D eigenvalue weighted by atomic mass is 10.1. The van der Waals surface area contributed by atoms with Crippen molar-refractivity contribution >= 4 is 17.7 Å². The molecule has 0 aromatic heterocycles. The Bertz CT molecular complexity index is 526. The minimum atomic E-state index is -0.820. The fourth-order valence-electron chi connectivity index (χ4n) is 2.08. The van der Waals surface area contributed by atoms with Gasteiger partial charge in [0.15, 0.2) is 0 Å². The van der Waals surface area contributed by atoms with E-state index in [9.17, 15) is 9.59 Å². The summed E-state index contributed by atoms with van der Waals surface area (Å²) in [6, 6.07) is 7.19. The molecule has 2 N–H and O–H groups in total. The van der Waals surface area contributed by atoms with Gasteiger partial charge in [-0.25, -0.2) is 4.79 Å². The zero-order valence-corrected chi connectivity index (χ0v) is 11.2. The van der Waals surface area contributed by atoms with Gasteiger partial charge in [-0.05, 0) is 30.5 Å². The number of hydrogen-bond donors (Lipinski definition) is 2. The smallest absolute Gasteiger partial charge is 0.322 e. The molecule has 1 heterocycles. The number of aliphatic carboxylic acids is 1. The lowest BCUT2D eigenvalue weighted by molar-refractivity contribution is -0.136. The Balaban J connectivity index is 1.94. The molecule has 1 aromatic carbocycles. The van der Waals surface area contributed by atoms with Crippen molar-refractivity contribution in [2.24, 2.45) is 0 Å². The topological polar surface area (TPSA) is 69.6 Å². The van der Waals surface area contributed by atoms with E-state index in [0.717, 1.165) is 18.5 Å². The van der Waals surface area contributed by atoms with Crippen LogP contribution in [0.4, 0.5) is 10.5 Å². The number of amides is 2. The molecule has 1 aliphatic rings. The van der Waals surface area contributed by atoms with Crippen molar-refractivity contribution in [2.45, 2.75) is 19.3 Å². The molecule has 0 saturated carbocycles. The molecule has 2 amide bonds. The monoisotopic (exact) mass is 274 g/mol. The molecule has 5 nitrogen and oxygen atoms in total. The second-order valence-corrected chi connectivity index (χ2v) is 4.73. The van der Waals surface area contributed by atoms with Crippen LogP contribution < -0.4 is 5.32 Å². The van der Waals surface area contributed by atoms with Crippen LogP contribution in [0, 0.1) is 0 Å². The summed E-state index contributed by atoms with van der Waals surface area (Å²) < 4.78 is 0. The lowest BCUT2D eigenvalue weighted by Gasteiger charge is -2.23. The number of hydrogen-bond acceptors (Lipinski definition) is 2. The third-order valence-corrected chi connectivity index (χ3v) is 3.15. The molecule has 0 spiro atoms. The summed E-state index contributed by atoms with van der Waals surface area (Å²) in [5, 5.41) is 11.5. The van der Waals surface area contributed by atoms with Gasteiger partial charge in [0.2, 0.25) is 0 Å². The van der Waals surface area contributed by atoms with Crippen LogP contribution in [0.1, 0.15) is 18.4 Å². The number of urea groups is 1. The molecule has 20 heavy (non-hydrogen) atoms. The highest BCUT2D eigenvalue weighted by atomic mass is 16.4. The van der Waals surface area contributed by atoms with E-state index in [1.54, 1.807) is 4.90 Å². The molecule has 106 valence electrons. The Hall–Kier alpha value is -2.30. The lowest BCUT2D eigenvalue weighted by Crippen LogP contribution is -2.37. The second kappa shape index (κ2) is 6.75. The Labute approximate surface area is 117 Å². The van der Waals surface area contributed by atoms with E-state index >= 15 is 0 Å². The summed E-state index contributed by atoms with van der Waals surface area (Å²) in [5.41, 5.74) is 1.61. The molecule has 2 rings (SSSR count). The average molecular weight is 274 g/mol. The number of carboxylic acid groups (broad SMARTS) is 1. The largest absolute Gasteiger partial charge is 0.481 e. The van der Waals surface area contributed by atoms with Crippen LogP contribution in [-0.4, -0.2) is 35.1 Å². The van der Waals surface area contributed by atoms with Crippen molar-refractivity contribution in [3.8, 4) is 0 Å². The van der Waals surface area contributed by atoms with Crippen molar-refractivity contribution in [3.63, 3.8) is 0 Å². The van der Waals surface area contributed by atoms with E-state index in [-0.39, 0.29) is 12.5 Å². The Morgan fingerprint density at radius 1 is 1.30 bits per heavy atom. The van der Waals surface area contributed by atoms with E-state index in [0.29, 0.717) is 18.7 Å². The van der Waals surface area contributed by atoms with Gasteiger partial charge in [0.1, 0.15) is 0 Å². The molecule has 0 fully saturated rings. The molecule has 0 saturated heterocycles. The highest BCUT2D eigenvalue weighted by Crippen LogP contribution is 2.14. The maximum atomic E-state index is 12.0. The van der Waals surface area contributed by atoms with Gasteiger partial charge in [-0.1, -0.05) is 24.3 Å². The minimum absolute atomic E-state index is 0.0916. The standard InChI is InChI=1S/C15H18N2O3/c18-14(19)8-7-12-5-4-6-13(11-12)16-15(20)17-9-2-1-3-10-17/h1-2,4-6,11H,3,7-10H2,(H,16,20)(H,18,19). The molecule has 0 atom stereocenters. The van der Waals surface area contributed by atoms with Gasteiger partial charge in [0, 0.05) is 25.2 Å². The van der Waals surface area contributed by atoms with Gasteiger partial charge >= 0.3 is 12.0 Å². The predicted octanol–water partition coefficient (Wildman–Crippen LogP) is 2.50. The van der Waals surface area contributed by atoms with Gasteiger partial charge < -0.3 is 15.3 Å². The molecule has 0 bridgehead atoms. The van der Waals surface area contributed by atoms with Crippen molar-refractivity contribution in [2.75, 3.05) is 18.4 Å². The molecular formula is C15H18N2O3. The highest BCUT2D eigenvalue weighted by Gasteiger charge is 2.13. The van der Waals surface area contributed by atoms with Crippen LogP contribution in [0.2, 0.25) is 0 Å². The quantitative estimate of drug-likeness (QED) is 0.829. The van der Waals surface area contributed by atoms with Crippen LogP contribution in [0.5, 0.6) is 0 Å². The van der Waals surface area contributed by atoms with Crippen LogP contribution in [0.25, 0.3) is 0 Å². The van der Waals surface area contributed by atoms with Gasteiger partial charge in [-0.2, -0.15) is 0 Å². The SMILES string of the molecule is O=C(O)CCc1cccc(NC(=O)N2CC=CCC2)c1. The second-order valence-electron chi connectivity index (χ2n) is 4.73. The van der Waals surface area contributed by atoms with Gasteiger partial charge in [-0.3, -0.25) is 4.79 Å². The van der Waals surface area contributed by atoms with Crippen molar-refractivity contribution in [1.82, 2.24) is 4.90 Å². The van der Waals surface area contributed by atoms with E-state index in [4.69, 9.17) is 5.11 Å². The molecule has 0 aliphatic carbocycles. The first-order valence-corrected chi connectivity index (χ1v) is 6.67. The normalized spacial score (nSPS) is 14.1. The summed E-state index contributed by atoms with van der Waals surface area (Å²) in [7, 11) is 0. The van der Waals surface area contributed by atoms with E-state index < -0.39 is 5.97 Å². The average Bonchev–Trinajstić information content (AvgIpc) is 2.46. The number of anilines is 1. The fraction of sp³-hybridized carbons (Fsp3) is 0.333. The first-order valence-electron chi connectivity index (χ1n) is 6.67. The zero-order chi connectivity index (χ0) is 14.4. The number of benzene rings is 1. The maximum Gasteiger partial charge on any atom is 0.322 e. The van der Waals surface area contributed by atoms with Crippen LogP contribution in [-0.2, 0) is 11.2 Å². The molecule has 0 radical (unpaired) electrons. The molecule has 5 heteroatoms. The maximum absolute atomic E-state index is 12.0. The predicted molar refractivity (Wildman–Crippen MR) is 76.7 cm³/mol. The van der Waals surface area contributed by atoms with E-state index in [2.05, 4.69) is 11.4 Å². The third kappa shape index (κ3) is 4.12. The molecule has 0 unspecified atom stereocenters. The number of carbonyl (C=O) groups excluding carboxylic acids is 1. The number of aryl methyl sites for hydroxylation is 1. The summed E-state index contributed by atoms with van der Waals surface area (Å²) in [4.78, 5) is 24.3. The first kappa shape index (κ1) is 14.1. The summed E-state index contributed by atoms with van der Waals surface area (Å²) in [6.07, 6.45) is 5.48. The van der Waals surface area contributed by atoms with E-state index in [1.807, 2.05) is 30.3 Å². The summed E-state index contributed by atoms with van der Waals surface area (Å²) in [5.74, 6) is -0.820. The van der Waals surface area contributed by atoms with Crippen LogP contribution in [0.3, 0.4) is 0 Å². The van der Waals surface area contributed by atoms with Gasteiger partial charge in [0.05, 0.1) is 0 Å². The molecule has 1 aliphatic heterocycles. The fourth-order valence-corrected chi connectivity index (χ4v) is 2.08. The number of nitrogens with one attached hydrogen (secondary N) is 1. The number of rotatable bonds is 4. The zero-order valence-electron chi connectivity index (χ0n) is 11.2.